The van der Waals surface area contributed by atoms with E-state index in [4.69, 9.17) is 0 Å². The number of hydrogen-bond acceptors (Lipinski definition) is 3. The van der Waals surface area contributed by atoms with E-state index in [1.54, 1.807) is 17.1 Å². The number of sulfonamides is 1. The van der Waals surface area contributed by atoms with Crippen molar-refractivity contribution in [2.45, 2.75) is 30.7 Å². The lowest BCUT2D eigenvalue weighted by atomic mass is 10.1. The number of rotatable bonds is 5. The van der Waals surface area contributed by atoms with Crippen LogP contribution in [0.4, 0.5) is 4.39 Å². The summed E-state index contributed by atoms with van der Waals surface area (Å²) in [7, 11) is -3.81. The van der Waals surface area contributed by atoms with Crippen molar-refractivity contribution in [1.29, 1.82) is 0 Å². The van der Waals surface area contributed by atoms with E-state index in [0.717, 1.165) is 6.07 Å². The second kappa shape index (κ2) is 8.21. The van der Waals surface area contributed by atoms with E-state index in [0.29, 0.717) is 25.9 Å². The molecule has 1 aromatic rings. The summed E-state index contributed by atoms with van der Waals surface area (Å²) in [6, 6.07) is 4.49. The zero-order valence-corrected chi connectivity index (χ0v) is 14.3. The van der Waals surface area contributed by atoms with Crippen LogP contribution in [-0.4, -0.2) is 38.4 Å². The molecule has 1 heterocycles. The summed E-state index contributed by atoms with van der Waals surface area (Å²) in [6.07, 6.45) is 8.03. The summed E-state index contributed by atoms with van der Waals surface area (Å²) in [5, 5.41) is 0. The lowest BCUT2D eigenvalue weighted by molar-refractivity contribution is -0.127. The molecule has 130 valence electrons. The fraction of sp³-hybridized carbons (Fsp3) is 0.353. The second-order valence-corrected chi connectivity index (χ2v) is 7.30. The lowest BCUT2D eigenvalue weighted by Crippen LogP contribution is -2.49. The largest absolute Gasteiger partial charge is 0.338 e. The summed E-state index contributed by atoms with van der Waals surface area (Å²) < 4.78 is 40.5. The Morgan fingerprint density at radius 2 is 2.17 bits per heavy atom. The molecular weight excluding hydrogens is 331 g/mol. The van der Waals surface area contributed by atoms with Crippen molar-refractivity contribution in [1.82, 2.24) is 9.62 Å². The van der Waals surface area contributed by atoms with Gasteiger partial charge in [0.15, 0.2) is 0 Å². The fourth-order valence-electron chi connectivity index (χ4n) is 2.55. The van der Waals surface area contributed by atoms with Crippen molar-refractivity contribution >= 4 is 15.9 Å². The van der Waals surface area contributed by atoms with Gasteiger partial charge < -0.3 is 4.90 Å². The Kier molecular flexibility index (Phi) is 6.28. The Labute approximate surface area is 141 Å². The first-order valence-electron chi connectivity index (χ1n) is 7.78. The predicted octanol–water partition coefficient (Wildman–Crippen LogP) is 2.23. The molecule has 1 unspecified atom stereocenters. The normalized spacial score (nSPS) is 19.2. The van der Waals surface area contributed by atoms with Crippen LogP contribution in [0.1, 0.15) is 19.8 Å². The number of allylic oxidation sites excluding steroid dienone is 3. The first-order valence-corrected chi connectivity index (χ1v) is 9.27. The number of likely N-dealkylation sites (tertiary alicyclic amines) is 1. The molecule has 1 aromatic carbocycles. The molecule has 0 saturated carbocycles. The highest BCUT2D eigenvalue weighted by Gasteiger charge is 2.26. The standard InChI is InChI=1S/C17H21FN2O3S/c1-2-3-4-10-17(21)20-11-6-8-15(13-20)19-24(22,23)16-9-5-7-14(18)12-16/h2-5,7,9-10,12,15,19H,6,8,11,13H2,1H3/b3-2+,10-4+. The molecular formula is C17H21FN2O3S. The molecule has 0 bridgehead atoms. The third kappa shape index (κ3) is 5.01. The number of nitrogens with one attached hydrogen (secondary N) is 1. The number of hydrogen-bond donors (Lipinski definition) is 1. The monoisotopic (exact) mass is 352 g/mol. The van der Waals surface area contributed by atoms with Gasteiger partial charge in [-0.2, -0.15) is 0 Å². The third-order valence-corrected chi connectivity index (χ3v) is 5.22. The number of carbonyl (C=O) groups is 1. The number of piperidine rings is 1. The van der Waals surface area contributed by atoms with Gasteiger partial charge in [0.2, 0.25) is 15.9 Å². The minimum absolute atomic E-state index is 0.112. The molecule has 0 radical (unpaired) electrons. The van der Waals surface area contributed by atoms with Gasteiger partial charge in [-0.1, -0.05) is 24.3 Å². The van der Waals surface area contributed by atoms with Gasteiger partial charge in [-0.3, -0.25) is 4.79 Å². The van der Waals surface area contributed by atoms with Crippen molar-refractivity contribution < 1.29 is 17.6 Å². The van der Waals surface area contributed by atoms with E-state index >= 15 is 0 Å². The van der Waals surface area contributed by atoms with E-state index in [1.807, 2.05) is 13.0 Å². The summed E-state index contributed by atoms with van der Waals surface area (Å²) in [5.74, 6) is -0.754. The SMILES string of the molecule is C/C=C/C=C/C(=O)N1CCCC(NS(=O)(=O)c2cccc(F)c2)C1. The summed E-state index contributed by atoms with van der Waals surface area (Å²) >= 11 is 0. The lowest BCUT2D eigenvalue weighted by Gasteiger charge is -2.32. The zero-order valence-electron chi connectivity index (χ0n) is 13.5. The predicted molar refractivity (Wildman–Crippen MR) is 90.3 cm³/mol. The first-order chi connectivity index (χ1) is 11.4. The molecule has 0 aromatic heterocycles. The molecule has 1 aliphatic rings. The van der Waals surface area contributed by atoms with E-state index in [9.17, 15) is 17.6 Å². The molecule has 5 nitrogen and oxygen atoms in total. The molecule has 1 atom stereocenters. The van der Waals surface area contributed by atoms with Gasteiger partial charge in [0.1, 0.15) is 5.82 Å². The maximum absolute atomic E-state index is 13.2. The number of amides is 1. The quantitative estimate of drug-likeness (QED) is 0.653. The number of benzene rings is 1. The molecule has 1 saturated heterocycles. The van der Waals surface area contributed by atoms with Gasteiger partial charge in [0.05, 0.1) is 4.90 Å². The van der Waals surface area contributed by atoms with Crippen molar-refractivity contribution in [2.75, 3.05) is 13.1 Å². The van der Waals surface area contributed by atoms with Crippen molar-refractivity contribution in [3.8, 4) is 0 Å². The van der Waals surface area contributed by atoms with E-state index in [2.05, 4.69) is 4.72 Å². The summed E-state index contributed by atoms with van der Waals surface area (Å²) in [4.78, 5) is 13.6. The van der Waals surface area contributed by atoms with Crippen LogP contribution in [0.25, 0.3) is 0 Å². The summed E-state index contributed by atoms with van der Waals surface area (Å²) in [5.41, 5.74) is 0. The minimum atomic E-state index is -3.81. The van der Waals surface area contributed by atoms with Gasteiger partial charge in [-0.25, -0.2) is 17.5 Å². The average molecular weight is 352 g/mol. The number of carbonyl (C=O) groups excluding carboxylic acids is 1. The molecule has 2 rings (SSSR count). The number of nitrogens with zero attached hydrogens (tertiary/aromatic N) is 1. The molecule has 1 N–H and O–H groups in total. The molecule has 1 aliphatic heterocycles. The van der Waals surface area contributed by atoms with Gasteiger partial charge in [-0.05, 0) is 38.0 Å². The Morgan fingerprint density at radius 3 is 2.88 bits per heavy atom. The Balaban J connectivity index is 2.03. The van der Waals surface area contributed by atoms with Crippen molar-refractivity contribution in [2.24, 2.45) is 0 Å². The molecule has 1 amide bonds. The van der Waals surface area contributed by atoms with Gasteiger partial charge in [-0.15, -0.1) is 0 Å². The van der Waals surface area contributed by atoms with Crippen LogP contribution >= 0.6 is 0 Å². The first kappa shape index (κ1) is 18.4. The Bertz CT molecular complexity index is 744. The van der Waals surface area contributed by atoms with Gasteiger partial charge in [0.25, 0.3) is 0 Å². The highest BCUT2D eigenvalue weighted by molar-refractivity contribution is 7.89. The maximum Gasteiger partial charge on any atom is 0.246 e. The molecule has 0 aliphatic carbocycles. The number of halogens is 1. The van der Waals surface area contributed by atoms with E-state index in [1.165, 1.54) is 24.3 Å². The topological polar surface area (TPSA) is 66.5 Å². The van der Waals surface area contributed by atoms with Crippen LogP contribution in [0.3, 0.4) is 0 Å². The van der Waals surface area contributed by atoms with Crippen LogP contribution < -0.4 is 4.72 Å². The van der Waals surface area contributed by atoms with Crippen molar-refractivity contribution in [3.05, 3.63) is 54.4 Å². The zero-order chi connectivity index (χ0) is 17.6. The highest BCUT2D eigenvalue weighted by Crippen LogP contribution is 2.16. The van der Waals surface area contributed by atoms with Gasteiger partial charge >= 0.3 is 0 Å². The molecule has 24 heavy (non-hydrogen) atoms. The molecule has 7 heteroatoms. The third-order valence-electron chi connectivity index (χ3n) is 3.70. The maximum atomic E-state index is 13.2. The fourth-order valence-corrected chi connectivity index (χ4v) is 3.84. The Hall–Kier alpha value is -1.99. The van der Waals surface area contributed by atoms with Crippen LogP contribution in [-0.2, 0) is 14.8 Å². The second-order valence-electron chi connectivity index (χ2n) is 5.59. The smallest absolute Gasteiger partial charge is 0.246 e. The van der Waals surface area contributed by atoms with Gasteiger partial charge in [0, 0.05) is 25.2 Å². The van der Waals surface area contributed by atoms with Crippen LogP contribution in [0.15, 0.2) is 53.5 Å². The minimum Gasteiger partial charge on any atom is -0.338 e. The van der Waals surface area contributed by atoms with Crippen molar-refractivity contribution in [3.63, 3.8) is 0 Å². The molecule has 1 fully saturated rings. The highest BCUT2D eigenvalue weighted by atomic mass is 32.2. The van der Waals surface area contributed by atoms with E-state index < -0.39 is 15.8 Å². The van der Waals surface area contributed by atoms with E-state index in [-0.39, 0.29) is 16.8 Å². The Morgan fingerprint density at radius 1 is 1.38 bits per heavy atom. The molecule has 0 spiro atoms. The summed E-state index contributed by atoms with van der Waals surface area (Å²) in [6.45, 7) is 2.75. The van der Waals surface area contributed by atoms with Crippen LogP contribution in [0, 0.1) is 5.82 Å². The average Bonchev–Trinajstić information content (AvgIpc) is 2.55. The van der Waals surface area contributed by atoms with Crippen LogP contribution in [0.2, 0.25) is 0 Å². The van der Waals surface area contributed by atoms with Crippen LogP contribution in [0.5, 0.6) is 0 Å².